The molecule has 0 saturated carbocycles. The van der Waals surface area contributed by atoms with Crippen molar-refractivity contribution in [2.45, 2.75) is 44.1 Å². The van der Waals surface area contributed by atoms with Crippen molar-refractivity contribution in [1.82, 2.24) is 15.5 Å². The lowest BCUT2D eigenvalue weighted by molar-refractivity contribution is -0.136. The largest absolute Gasteiger partial charge is 0.489 e. The number of fused-ring (bicyclic) bond motifs is 1. The molecule has 0 aliphatic carbocycles. The number of halogens is 1. The Morgan fingerprint density at radius 1 is 1.19 bits per heavy atom. The number of amides is 3. The fraction of sp³-hybridized carbons (Fsp3) is 0.500. The fourth-order valence-electron chi connectivity index (χ4n) is 3.76. The zero-order valence-electron chi connectivity index (χ0n) is 14.2. The summed E-state index contributed by atoms with van der Waals surface area (Å²) in [5.74, 6) is -0.369. The molecule has 1 unspecified atom stereocenters. The summed E-state index contributed by atoms with van der Waals surface area (Å²) in [7, 11) is 0. The van der Waals surface area contributed by atoms with Crippen molar-refractivity contribution >= 4 is 17.7 Å². The molecule has 2 saturated heterocycles. The molecule has 0 radical (unpaired) electrons. The van der Waals surface area contributed by atoms with Crippen LogP contribution in [0.15, 0.2) is 18.2 Å². The van der Waals surface area contributed by atoms with Gasteiger partial charge in [0.25, 0.3) is 5.91 Å². The van der Waals surface area contributed by atoms with Crippen LogP contribution < -0.4 is 15.4 Å². The molecule has 26 heavy (non-hydrogen) atoms. The number of carbonyl (C=O) groups excluding carboxylic acids is 3. The summed E-state index contributed by atoms with van der Waals surface area (Å²) in [5.41, 5.74) is 1.31. The molecular formula is C18H20FN3O4. The topological polar surface area (TPSA) is 87.7 Å². The van der Waals surface area contributed by atoms with E-state index in [1.807, 2.05) is 0 Å². The van der Waals surface area contributed by atoms with Gasteiger partial charge in [0, 0.05) is 38.0 Å². The summed E-state index contributed by atoms with van der Waals surface area (Å²) in [6, 6.07) is 4.53. The lowest BCUT2D eigenvalue weighted by Crippen LogP contribution is -2.52. The number of nitrogens with one attached hydrogen (secondary N) is 2. The molecule has 2 fully saturated rings. The van der Waals surface area contributed by atoms with E-state index in [2.05, 4.69) is 10.6 Å². The van der Waals surface area contributed by atoms with E-state index in [0.29, 0.717) is 43.8 Å². The minimum absolute atomic E-state index is 0.218. The van der Waals surface area contributed by atoms with Gasteiger partial charge in [-0.3, -0.25) is 19.7 Å². The van der Waals surface area contributed by atoms with Crippen molar-refractivity contribution in [3.05, 3.63) is 29.3 Å². The van der Waals surface area contributed by atoms with Gasteiger partial charge in [0.1, 0.15) is 24.1 Å². The number of ether oxygens (including phenoxy) is 1. The van der Waals surface area contributed by atoms with Gasteiger partial charge < -0.3 is 15.0 Å². The van der Waals surface area contributed by atoms with Crippen LogP contribution in [0.3, 0.4) is 0 Å². The number of alkyl halides is 1. The van der Waals surface area contributed by atoms with E-state index in [1.54, 1.807) is 18.2 Å². The number of carbonyl (C=O) groups is 3. The molecule has 7 nitrogen and oxygen atoms in total. The minimum atomic E-state index is -0.923. The van der Waals surface area contributed by atoms with Gasteiger partial charge in [-0.2, -0.15) is 0 Å². The smallest absolute Gasteiger partial charge is 0.255 e. The first-order valence-corrected chi connectivity index (χ1v) is 8.80. The summed E-state index contributed by atoms with van der Waals surface area (Å²) in [6.45, 7) is 1.23. The van der Waals surface area contributed by atoms with Crippen molar-refractivity contribution < 1.29 is 23.5 Å². The van der Waals surface area contributed by atoms with E-state index in [0.717, 1.165) is 5.56 Å². The summed E-state index contributed by atoms with van der Waals surface area (Å²) >= 11 is 0. The molecule has 8 heteroatoms. The number of imide groups is 1. The summed E-state index contributed by atoms with van der Waals surface area (Å²) in [6.07, 6.45) is -0.276. The van der Waals surface area contributed by atoms with Crippen LogP contribution in [0.1, 0.15) is 35.2 Å². The monoisotopic (exact) mass is 361 g/mol. The molecule has 4 rings (SSSR count). The Hall–Kier alpha value is -2.48. The summed E-state index contributed by atoms with van der Waals surface area (Å²) < 4.78 is 19.3. The Bertz CT molecular complexity index is 769. The third kappa shape index (κ3) is 3.16. The molecule has 2 N–H and O–H groups in total. The number of nitrogens with zero attached hydrogens (tertiary/aromatic N) is 1. The molecule has 3 aliphatic heterocycles. The molecule has 0 aromatic heterocycles. The van der Waals surface area contributed by atoms with Crippen molar-refractivity contribution in [3.63, 3.8) is 0 Å². The van der Waals surface area contributed by atoms with E-state index in [1.165, 1.54) is 4.90 Å². The highest BCUT2D eigenvalue weighted by atomic mass is 19.1. The Morgan fingerprint density at radius 3 is 2.81 bits per heavy atom. The fourth-order valence-corrected chi connectivity index (χ4v) is 3.76. The van der Waals surface area contributed by atoms with Gasteiger partial charge in [-0.25, -0.2) is 4.39 Å². The van der Waals surface area contributed by atoms with Crippen LogP contribution >= 0.6 is 0 Å². The molecule has 0 spiro atoms. The number of hydrogen-bond acceptors (Lipinski definition) is 5. The van der Waals surface area contributed by atoms with Crippen molar-refractivity contribution in [2.75, 3.05) is 13.1 Å². The van der Waals surface area contributed by atoms with Gasteiger partial charge in [0.15, 0.2) is 0 Å². The second kappa shape index (κ2) is 6.68. The third-order valence-electron chi connectivity index (χ3n) is 5.05. The van der Waals surface area contributed by atoms with Crippen LogP contribution in [0.4, 0.5) is 4.39 Å². The molecule has 1 aromatic rings. The van der Waals surface area contributed by atoms with Gasteiger partial charge in [-0.15, -0.1) is 0 Å². The summed E-state index contributed by atoms with van der Waals surface area (Å²) in [5, 5.41) is 5.27. The quantitative estimate of drug-likeness (QED) is 0.767. The average molecular weight is 361 g/mol. The second-order valence-corrected chi connectivity index (χ2v) is 6.95. The minimum Gasteiger partial charge on any atom is -0.489 e. The number of rotatable bonds is 3. The molecule has 3 amide bonds. The Balaban J connectivity index is 1.48. The Labute approximate surface area is 149 Å². The lowest BCUT2D eigenvalue weighted by atomic mass is 10.0. The average Bonchev–Trinajstić information content (AvgIpc) is 2.91. The molecule has 138 valence electrons. The first-order valence-electron chi connectivity index (χ1n) is 8.80. The van der Waals surface area contributed by atoms with Crippen LogP contribution in [0, 0.1) is 0 Å². The van der Waals surface area contributed by atoms with E-state index in [-0.39, 0.29) is 24.3 Å². The maximum absolute atomic E-state index is 13.5. The second-order valence-electron chi connectivity index (χ2n) is 6.95. The van der Waals surface area contributed by atoms with E-state index < -0.39 is 18.1 Å². The normalized spacial score (nSPS) is 28.7. The van der Waals surface area contributed by atoms with Crippen molar-refractivity contribution in [1.29, 1.82) is 0 Å². The first-order chi connectivity index (χ1) is 12.5. The van der Waals surface area contributed by atoms with Crippen LogP contribution in [0.5, 0.6) is 5.75 Å². The standard InChI is InChI=1S/C18H20FN3O4/c19-11-6-13(8-20-7-11)26-12-1-2-14-10(5-12)9-22(18(14)25)15-3-4-16(23)21-17(15)24/h1-2,5,11,13,15,20H,3-4,6-9H2,(H,21,23,24)/t11-,13-,15?/m1/s1. The Kier molecular flexibility index (Phi) is 4.36. The maximum Gasteiger partial charge on any atom is 0.255 e. The number of piperidine rings is 2. The van der Waals surface area contributed by atoms with E-state index in [4.69, 9.17) is 4.74 Å². The van der Waals surface area contributed by atoms with Gasteiger partial charge >= 0.3 is 0 Å². The van der Waals surface area contributed by atoms with E-state index in [9.17, 15) is 18.8 Å². The highest BCUT2D eigenvalue weighted by molar-refractivity contribution is 6.05. The van der Waals surface area contributed by atoms with Gasteiger partial charge in [0.05, 0.1) is 0 Å². The predicted octanol–water partition coefficient (Wildman–Crippen LogP) is 0.526. The zero-order valence-corrected chi connectivity index (χ0v) is 14.2. The van der Waals surface area contributed by atoms with Crippen LogP contribution in [-0.2, 0) is 16.1 Å². The SMILES string of the molecule is O=C1CCC(N2Cc3cc(O[C@H]4CNC[C@H](F)C4)ccc3C2=O)C(=O)N1. The van der Waals surface area contributed by atoms with E-state index >= 15 is 0 Å². The summed E-state index contributed by atoms with van der Waals surface area (Å²) in [4.78, 5) is 37.5. The molecule has 0 bridgehead atoms. The highest BCUT2D eigenvalue weighted by Gasteiger charge is 2.39. The lowest BCUT2D eigenvalue weighted by Gasteiger charge is -2.29. The first kappa shape index (κ1) is 17.0. The predicted molar refractivity (Wildman–Crippen MR) is 89.3 cm³/mol. The maximum atomic E-state index is 13.5. The van der Waals surface area contributed by atoms with Crippen molar-refractivity contribution in [2.24, 2.45) is 0 Å². The van der Waals surface area contributed by atoms with Crippen LogP contribution in [0.2, 0.25) is 0 Å². The number of benzene rings is 1. The van der Waals surface area contributed by atoms with Crippen molar-refractivity contribution in [3.8, 4) is 5.75 Å². The van der Waals surface area contributed by atoms with Gasteiger partial charge in [-0.05, 0) is 30.2 Å². The van der Waals surface area contributed by atoms with Gasteiger partial charge in [0.2, 0.25) is 11.8 Å². The molecule has 3 heterocycles. The van der Waals surface area contributed by atoms with Gasteiger partial charge in [-0.1, -0.05) is 0 Å². The zero-order chi connectivity index (χ0) is 18.3. The Morgan fingerprint density at radius 2 is 2.04 bits per heavy atom. The molecule has 3 aliphatic rings. The van der Waals surface area contributed by atoms with Crippen LogP contribution in [0.25, 0.3) is 0 Å². The third-order valence-corrected chi connectivity index (χ3v) is 5.05. The molecular weight excluding hydrogens is 341 g/mol. The van der Waals surface area contributed by atoms with Crippen LogP contribution in [-0.4, -0.2) is 54.0 Å². The highest BCUT2D eigenvalue weighted by Crippen LogP contribution is 2.30. The molecule has 3 atom stereocenters. The molecule has 1 aromatic carbocycles. The number of hydrogen-bond donors (Lipinski definition) is 2.